The van der Waals surface area contributed by atoms with Crippen molar-refractivity contribution in [3.05, 3.63) is 41.6 Å². The first-order valence-electron chi connectivity index (χ1n) is 6.76. The zero-order chi connectivity index (χ0) is 15.7. The van der Waals surface area contributed by atoms with Crippen LogP contribution in [0.3, 0.4) is 0 Å². The highest BCUT2D eigenvalue weighted by Crippen LogP contribution is 2.48. The van der Waals surface area contributed by atoms with Crippen LogP contribution in [-0.2, 0) is 22.1 Å². The zero-order valence-electron chi connectivity index (χ0n) is 11.4. The van der Waals surface area contributed by atoms with E-state index >= 15 is 0 Å². The molecule has 2 aromatic rings. The minimum absolute atomic E-state index is 0.0151. The van der Waals surface area contributed by atoms with Gasteiger partial charge in [-0.1, -0.05) is 0 Å². The number of H-pyrrole nitrogens is 1. The van der Waals surface area contributed by atoms with Gasteiger partial charge in [0, 0.05) is 17.9 Å². The van der Waals surface area contributed by atoms with Crippen LogP contribution in [0.4, 0.5) is 13.2 Å². The van der Waals surface area contributed by atoms with Crippen LogP contribution in [0, 0.1) is 5.92 Å². The number of alkyl halides is 3. The van der Waals surface area contributed by atoms with Gasteiger partial charge in [0.1, 0.15) is 11.5 Å². The molecule has 2 aromatic heterocycles. The Bertz CT molecular complexity index is 649. The lowest BCUT2D eigenvalue weighted by Gasteiger charge is -2.07. The maximum atomic E-state index is 12.6. The Morgan fingerprint density at radius 2 is 2.32 bits per heavy atom. The maximum Gasteiger partial charge on any atom is 0.433 e. The van der Waals surface area contributed by atoms with Crippen LogP contribution in [-0.4, -0.2) is 22.8 Å². The molecule has 8 heteroatoms. The van der Waals surface area contributed by atoms with E-state index in [1.54, 1.807) is 12.1 Å². The topological polar surface area (TPSA) is 68.1 Å². The Kier molecular flexibility index (Phi) is 3.67. The molecule has 0 aromatic carbocycles. The number of hydrogen-bond donors (Lipinski definition) is 1. The molecule has 0 unspecified atom stereocenters. The lowest BCUT2D eigenvalue weighted by atomic mass is 10.2. The van der Waals surface area contributed by atoms with Gasteiger partial charge in [-0.05, 0) is 18.6 Å². The summed E-state index contributed by atoms with van der Waals surface area (Å²) >= 11 is 0. The van der Waals surface area contributed by atoms with Crippen molar-refractivity contribution in [2.75, 3.05) is 6.61 Å². The Morgan fingerprint density at radius 1 is 1.50 bits per heavy atom. The fourth-order valence-corrected chi connectivity index (χ4v) is 2.39. The summed E-state index contributed by atoms with van der Waals surface area (Å²) in [6, 6.07) is 3.53. The van der Waals surface area contributed by atoms with Crippen LogP contribution in [0.15, 0.2) is 29.0 Å². The quantitative estimate of drug-likeness (QED) is 0.862. The second-order valence-electron chi connectivity index (χ2n) is 5.15. The molecule has 2 heterocycles. The van der Waals surface area contributed by atoms with Gasteiger partial charge < -0.3 is 9.15 Å². The van der Waals surface area contributed by atoms with Crippen molar-refractivity contribution in [1.82, 2.24) is 10.2 Å². The Hall–Kier alpha value is -2.25. The van der Waals surface area contributed by atoms with E-state index in [0.717, 1.165) is 12.0 Å². The monoisotopic (exact) mass is 314 g/mol. The van der Waals surface area contributed by atoms with E-state index in [-0.39, 0.29) is 30.4 Å². The molecule has 0 spiro atoms. The van der Waals surface area contributed by atoms with Crippen molar-refractivity contribution < 1.29 is 27.1 Å². The first-order chi connectivity index (χ1) is 10.5. The van der Waals surface area contributed by atoms with Gasteiger partial charge in [0.25, 0.3) is 0 Å². The standard InChI is InChI=1S/C14H13F3N2O3/c15-14(16,17)12-8(7-18-19-12)3-5-22-13(20)10-6-9(10)11-2-1-4-21-11/h1-2,4,7,9-10H,3,5-6H2,(H,18,19)/t9-,10-/m0/s1. The summed E-state index contributed by atoms with van der Waals surface area (Å²) in [5.41, 5.74) is -0.915. The van der Waals surface area contributed by atoms with Crippen molar-refractivity contribution in [2.24, 2.45) is 5.92 Å². The molecule has 0 radical (unpaired) electrons. The molecule has 1 saturated carbocycles. The van der Waals surface area contributed by atoms with Gasteiger partial charge in [0.05, 0.1) is 25.0 Å². The van der Waals surface area contributed by atoms with Crippen LogP contribution >= 0.6 is 0 Å². The maximum absolute atomic E-state index is 12.6. The molecule has 3 rings (SSSR count). The predicted molar refractivity (Wildman–Crippen MR) is 67.8 cm³/mol. The smallest absolute Gasteiger partial charge is 0.433 e. The highest BCUT2D eigenvalue weighted by Gasteiger charge is 2.47. The number of furan rings is 1. The molecule has 1 aliphatic rings. The summed E-state index contributed by atoms with van der Waals surface area (Å²) < 4.78 is 48.1. The van der Waals surface area contributed by atoms with E-state index in [1.807, 2.05) is 5.10 Å². The number of aromatic amines is 1. The van der Waals surface area contributed by atoms with E-state index in [4.69, 9.17) is 9.15 Å². The first-order valence-corrected chi connectivity index (χ1v) is 6.76. The largest absolute Gasteiger partial charge is 0.469 e. The van der Waals surface area contributed by atoms with Crippen LogP contribution in [0.5, 0.6) is 0 Å². The molecule has 0 saturated heterocycles. The normalized spacial score (nSPS) is 20.9. The zero-order valence-corrected chi connectivity index (χ0v) is 11.4. The minimum Gasteiger partial charge on any atom is -0.469 e. The number of ether oxygens (including phenoxy) is 1. The van der Waals surface area contributed by atoms with Crippen molar-refractivity contribution in [1.29, 1.82) is 0 Å². The lowest BCUT2D eigenvalue weighted by molar-refractivity contribution is -0.145. The van der Waals surface area contributed by atoms with Crippen molar-refractivity contribution in [3.8, 4) is 0 Å². The van der Waals surface area contributed by atoms with E-state index in [2.05, 4.69) is 5.10 Å². The summed E-state index contributed by atoms with van der Waals surface area (Å²) in [7, 11) is 0. The van der Waals surface area contributed by atoms with E-state index in [0.29, 0.717) is 6.42 Å². The molecule has 0 bridgehead atoms. The Labute approximate surface area is 123 Å². The molecule has 1 N–H and O–H groups in total. The van der Waals surface area contributed by atoms with E-state index in [9.17, 15) is 18.0 Å². The fourth-order valence-electron chi connectivity index (χ4n) is 2.39. The number of nitrogens with zero attached hydrogens (tertiary/aromatic N) is 1. The van der Waals surface area contributed by atoms with Gasteiger partial charge in [0.15, 0.2) is 0 Å². The lowest BCUT2D eigenvalue weighted by Crippen LogP contribution is -2.13. The van der Waals surface area contributed by atoms with Gasteiger partial charge in [0.2, 0.25) is 0 Å². The molecule has 118 valence electrons. The van der Waals surface area contributed by atoms with Crippen LogP contribution in [0.1, 0.15) is 29.4 Å². The second-order valence-corrected chi connectivity index (χ2v) is 5.15. The number of aromatic nitrogens is 2. The number of rotatable bonds is 5. The third-order valence-electron chi connectivity index (χ3n) is 3.62. The molecule has 0 amide bonds. The molecule has 0 aliphatic heterocycles. The van der Waals surface area contributed by atoms with Gasteiger partial charge in [-0.2, -0.15) is 18.3 Å². The molecule has 22 heavy (non-hydrogen) atoms. The minimum atomic E-state index is -4.49. The van der Waals surface area contributed by atoms with Crippen LogP contribution in [0.2, 0.25) is 0 Å². The number of carbonyl (C=O) groups is 1. The summed E-state index contributed by atoms with van der Waals surface area (Å²) in [5, 5.41) is 5.30. The Morgan fingerprint density at radius 3 is 3.00 bits per heavy atom. The van der Waals surface area contributed by atoms with Crippen molar-refractivity contribution in [2.45, 2.75) is 24.9 Å². The summed E-state index contributed by atoms with van der Waals surface area (Å²) in [5.74, 6) is 0.0781. The average Bonchev–Trinajstić information content (AvgIpc) is 2.90. The van der Waals surface area contributed by atoms with E-state index < -0.39 is 17.8 Å². The first kappa shape index (κ1) is 14.7. The molecule has 2 atom stereocenters. The summed E-state index contributed by atoms with van der Waals surface area (Å²) in [4.78, 5) is 11.8. The molecular weight excluding hydrogens is 301 g/mol. The molecule has 1 aliphatic carbocycles. The number of carbonyl (C=O) groups excluding carboxylic acids is 1. The summed E-state index contributed by atoms with van der Waals surface area (Å²) in [6.45, 7) is -0.108. The summed E-state index contributed by atoms with van der Waals surface area (Å²) in [6.07, 6.45) is -1.25. The highest BCUT2D eigenvalue weighted by atomic mass is 19.4. The van der Waals surface area contributed by atoms with Crippen molar-refractivity contribution >= 4 is 5.97 Å². The molecule has 5 nitrogen and oxygen atoms in total. The number of halogens is 3. The second kappa shape index (κ2) is 5.51. The molecular formula is C14H13F3N2O3. The van der Waals surface area contributed by atoms with Gasteiger partial charge in [-0.3, -0.25) is 9.89 Å². The number of hydrogen-bond acceptors (Lipinski definition) is 4. The van der Waals surface area contributed by atoms with Gasteiger partial charge in [-0.25, -0.2) is 0 Å². The van der Waals surface area contributed by atoms with Gasteiger partial charge in [-0.15, -0.1) is 0 Å². The number of nitrogens with one attached hydrogen (secondary N) is 1. The van der Waals surface area contributed by atoms with E-state index in [1.165, 1.54) is 6.26 Å². The third-order valence-corrected chi connectivity index (χ3v) is 3.62. The number of esters is 1. The molecule has 1 fully saturated rings. The average molecular weight is 314 g/mol. The third kappa shape index (κ3) is 3.00. The van der Waals surface area contributed by atoms with Crippen LogP contribution in [0.25, 0.3) is 0 Å². The predicted octanol–water partition coefficient (Wildman–Crippen LogP) is 2.91. The van der Waals surface area contributed by atoms with Gasteiger partial charge >= 0.3 is 12.1 Å². The highest BCUT2D eigenvalue weighted by molar-refractivity contribution is 5.77. The Balaban J connectivity index is 1.48. The van der Waals surface area contributed by atoms with Crippen LogP contribution < -0.4 is 0 Å². The van der Waals surface area contributed by atoms with Crippen molar-refractivity contribution in [3.63, 3.8) is 0 Å². The fraction of sp³-hybridized carbons (Fsp3) is 0.429. The SMILES string of the molecule is O=C(OCCc1cn[nH]c1C(F)(F)F)[C@H]1C[C@@H]1c1ccco1.